The van der Waals surface area contributed by atoms with Crippen molar-refractivity contribution in [3.8, 4) is 0 Å². The first-order chi connectivity index (χ1) is 15.7. The van der Waals surface area contributed by atoms with Crippen LogP contribution in [0.15, 0.2) is 65.8 Å². The van der Waals surface area contributed by atoms with E-state index in [4.69, 9.17) is 23.8 Å². The number of ether oxygens (including phenoxy) is 4. The second kappa shape index (κ2) is 11.0. The molecule has 0 radical (unpaired) electrons. The van der Waals surface area contributed by atoms with Crippen LogP contribution in [-0.2, 0) is 35.2 Å². The highest BCUT2D eigenvalue weighted by molar-refractivity contribution is 8.00. The maximum Gasteiger partial charge on any atom is 0.303 e. The van der Waals surface area contributed by atoms with Gasteiger partial charge in [-0.15, -0.1) is 11.8 Å². The molecule has 0 bridgehead atoms. The van der Waals surface area contributed by atoms with Crippen molar-refractivity contribution in [1.82, 2.24) is 0 Å². The number of hydrogen-bond acceptors (Lipinski definition) is 8. The minimum atomic E-state index is -0.735. The normalized spacial score (nSPS) is 28.7. The minimum Gasteiger partial charge on any atom is -0.453 e. The van der Waals surface area contributed by atoms with Crippen LogP contribution in [0.5, 0.6) is 0 Å². The van der Waals surface area contributed by atoms with E-state index in [9.17, 15) is 4.79 Å². The van der Waals surface area contributed by atoms with E-state index in [1.165, 1.54) is 6.92 Å². The molecule has 2 fully saturated rings. The molecule has 8 heteroatoms. The molecule has 4 rings (SSSR count). The van der Waals surface area contributed by atoms with E-state index in [0.717, 1.165) is 16.9 Å². The van der Waals surface area contributed by atoms with Crippen molar-refractivity contribution >= 4 is 23.4 Å². The van der Waals surface area contributed by atoms with Gasteiger partial charge in [0.15, 0.2) is 12.4 Å². The van der Waals surface area contributed by atoms with Crippen LogP contribution in [0.25, 0.3) is 0 Å². The van der Waals surface area contributed by atoms with Crippen LogP contribution in [0.4, 0.5) is 0 Å². The highest BCUT2D eigenvalue weighted by Gasteiger charge is 2.50. The smallest absolute Gasteiger partial charge is 0.303 e. The van der Waals surface area contributed by atoms with Gasteiger partial charge in [0.05, 0.1) is 6.61 Å². The number of oxime groups is 1. The lowest BCUT2D eigenvalue weighted by Gasteiger charge is -2.45. The zero-order valence-electron chi connectivity index (χ0n) is 18.1. The van der Waals surface area contributed by atoms with Crippen molar-refractivity contribution in [3.63, 3.8) is 0 Å². The van der Waals surface area contributed by atoms with E-state index in [2.05, 4.69) is 5.16 Å². The van der Waals surface area contributed by atoms with E-state index in [0.29, 0.717) is 18.9 Å². The summed E-state index contributed by atoms with van der Waals surface area (Å²) < 4.78 is 24.1. The van der Waals surface area contributed by atoms with Crippen LogP contribution in [0.2, 0.25) is 0 Å². The number of carbonyl (C=O) groups is 1. The van der Waals surface area contributed by atoms with Gasteiger partial charge in [0.1, 0.15) is 30.0 Å². The summed E-state index contributed by atoms with van der Waals surface area (Å²) in [4.78, 5) is 17.6. The lowest BCUT2D eigenvalue weighted by Crippen LogP contribution is -2.60. The summed E-state index contributed by atoms with van der Waals surface area (Å²) in [5.74, 6) is 0.374. The van der Waals surface area contributed by atoms with Crippen molar-refractivity contribution in [2.75, 3.05) is 12.4 Å². The first-order valence-corrected chi connectivity index (χ1v) is 11.7. The molecule has 2 aromatic rings. The van der Waals surface area contributed by atoms with E-state index >= 15 is 0 Å². The van der Waals surface area contributed by atoms with Gasteiger partial charge in [0, 0.05) is 12.5 Å². The Labute approximate surface area is 192 Å². The summed E-state index contributed by atoms with van der Waals surface area (Å²) in [5, 5.41) is 4.37. The average molecular weight is 458 g/mol. The molecular formula is C24H27NO6S. The molecule has 7 nitrogen and oxygen atoms in total. The van der Waals surface area contributed by atoms with E-state index in [1.54, 1.807) is 11.8 Å². The maximum atomic E-state index is 12.0. The van der Waals surface area contributed by atoms with Crippen LogP contribution >= 0.6 is 11.8 Å². The van der Waals surface area contributed by atoms with Gasteiger partial charge in [0.25, 0.3) is 0 Å². The largest absolute Gasteiger partial charge is 0.453 e. The molecule has 0 saturated carbocycles. The molecule has 2 heterocycles. The van der Waals surface area contributed by atoms with Crippen LogP contribution in [0.3, 0.4) is 0 Å². The van der Waals surface area contributed by atoms with E-state index < -0.39 is 36.0 Å². The first-order valence-electron chi connectivity index (χ1n) is 10.7. The van der Waals surface area contributed by atoms with Crippen LogP contribution in [0, 0.1) is 0 Å². The third-order valence-electron chi connectivity index (χ3n) is 5.12. The Balaban J connectivity index is 1.58. The predicted molar refractivity (Wildman–Crippen MR) is 121 cm³/mol. The number of fused-ring (bicyclic) bond motifs is 1. The summed E-state index contributed by atoms with van der Waals surface area (Å²) in [6.07, 6.45) is -2.27. The fourth-order valence-corrected chi connectivity index (χ4v) is 4.55. The Morgan fingerprint density at radius 1 is 1.09 bits per heavy atom. The molecule has 2 aliphatic rings. The van der Waals surface area contributed by atoms with Crippen LogP contribution in [-0.4, -0.2) is 47.8 Å². The highest BCUT2D eigenvalue weighted by Crippen LogP contribution is 2.37. The number of hydrogen-bond donors (Lipinski definition) is 0. The molecule has 1 unspecified atom stereocenters. The van der Waals surface area contributed by atoms with Gasteiger partial charge >= 0.3 is 5.97 Å². The lowest BCUT2D eigenvalue weighted by molar-refractivity contribution is -0.286. The van der Waals surface area contributed by atoms with Gasteiger partial charge in [-0.1, -0.05) is 72.7 Å². The van der Waals surface area contributed by atoms with Gasteiger partial charge in [-0.05, 0) is 11.3 Å². The Kier molecular flexibility index (Phi) is 7.81. The maximum absolute atomic E-state index is 12.0. The SMILES string of the molecule is CCS[C@H]1O[C@@H]2COC(c3ccccc3)O[C@H]2[C@H](OC(C)=O)/C1=N\OCc1ccccc1. The average Bonchev–Trinajstić information content (AvgIpc) is 2.81. The predicted octanol–water partition coefficient (Wildman–Crippen LogP) is 4.08. The summed E-state index contributed by atoms with van der Waals surface area (Å²) in [6.45, 7) is 4.03. The van der Waals surface area contributed by atoms with Crippen LogP contribution in [0.1, 0.15) is 31.3 Å². The lowest BCUT2D eigenvalue weighted by atomic mass is 9.99. The molecule has 5 atom stereocenters. The standard InChI is InChI=1S/C24H27NO6S/c1-3-32-24-20(25-28-14-17-10-6-4-7-11-17)22(29-16(2)26)21-19(30-24)15-27-23(31-21)18-12-8-5-9-13-18/h4-13,19,21-24H,3,14-15H2,1-2H3/b25-20+/t19-,21-,22-,23?,24-/m1/s1. The Morgan fingerprint density at radius 2 is 1.81 bits per heavy atom. The second-order valence-electron chi connectivity index (χ2n) is 7.44. The molecule has 0 aromatic heterocycles. The summed E-state index contributed by atoms with van der Waals surface area (Å²) in [7, 11) is 0. The summed E-state index contributed by atoms with van der Waals surface area (Å²) in [5.41, 5.74) is 1.94. The van der Waals surface area contributed by atoms with Gasteiger partial charge in [-0.3, -0.25) is 4.79 Å². The van der Waals surface area contributed by atoms with Crippen molar-refractivity contribution in [3.05, 3.63) is 71.8 Å². The number of nitrogens with zero attached hydrogens (tertiary/aromatic N) is 1. The first kappa shape index (κ1) is 22.8. The fourth-order valence-electron chi connectivity index (χ4n) is 3.68. The number of carbonyl (C=O) groups excluding carboxylic acids is 1. The van der Waals surface area contributed by atoms with Gasteiger partial charge in [-0.2, -0.15) is 0 Å². The van der Waals surface area contributed by atoms with Crippen molar-refractivity contribution in [1.29, 1.82) is 0 Å². The Bertz CT molecular complexity index is 909. The molecule has 0 aliphatic carbocycles. The quantitative estimate of drug-likeness (QED) is 0.458. The Morgan fingerprint density at radius 3 is 2.50 bits per heavy atom. The third kappa shape index (κ3) is 5.50. The number of rotatable bonds is 7. The molecular weight excluding hydrogens is 430 g/mol. The molecule has 2 saturated heterocycles. The fraction of sp³-hybridized carbons (Fsp3) is 0.417. The van der Waals surface area contributed by atoms with Crippen molar-refractivity contribution in [2.45, 2.75) is 50.5 Å². The number of benzene rings is 2. The number of esters is 1. The molecule has 2 aliphatic heterocycles. The molecule has 32 heavy (non-hydrogen) atoms. The van der Waals surface area contributed by atoms with E-state index in [-0.39, 0.29) is 0 Å². The van der Waals surface area contributed by atoms with E-state index in [1.807, 2.05) is 67.6 Å². The monoisotopic (exact) mass is 457 g/mol. The summed E-state index contributed by atoms with van der Waals surface area (Å²) in [6, 6.07) is 19.4. The third-order valence-corrected chi connectivity index (χ3v) is 6.10. The molecule has 170 valence electrons. The summed E-state index contributed by atoms with van der Waals surface area (Å²) >= 11 is 1.55. The number of thioether (sulfide) groups is 1. The second-order valence-corrected chi connectivity index (χ2v) is 8.78. The highest BCUT2D eigenvalue weighted by atomic mass is 32.2. The molecule has 0 N–H and O–H groups in total. The molecule has 2 aromatic carbocycles. The molecule has 0 spiro atoms. The van der Waals surface area contributed by atoms with Crippen LogP contribution < -0.4 is 0 Å². The molecule has 0 amide bonds. The van der Waals surface area contributed by atoms with Gasteiger partial charge in [-0.25, -0.2) is 0 Å². The zero-order chi connectivity index (χ0) is 22.3. The van der Waals surface area contributed by atoms with Gasteiger partial charge in [0.2, 0.25) is 0 Å². The minimum absolute atomic E-state index is 0.297. The zero-order valence-corrected chi connectivity index (χ0v) is 18.9. The van der Waals surface area contributed by atoms with Gasteiger partial charge < -0.3 is 23.8 Å². The van der Waals surface area contributed by atoms with Crippen molar-refractivity contribution < 1.29 is 28.6 Å². The topological polar surface area (TPSA) is 75.6 Å². The Hall–Kier alpha value is -2.39. The van der Waals surface area contributed by atoms with Crippen molar-refractivity contribution in [2.24, 2.45) is 5.16 Å².